The Morgan fingerprint density at radius 2 is 1.00 bits per heavy atom. The average molecular weight is 736 g/mol. The van der Waals surface area contributed by atoms with Crippen molar-refractivity contribution in [2.24, 2.45) is 0 Å². The van der Waals surface area contributed by atoms with Crippen LogP contribution < -0.4 is 0 Å². The van der Waals surface area contributed by atoms with E-state index >= 15 is 0 Å². The van der Waals surface area contributed by atoms with E-state index in [1.165, 1.54) is 36.4 Å². The van der Waals surface area contributed by atoms with E-state index in [2.05, 4.69) is 0 Å². The summed E-state index contributed by atoms with van der Waals surface area (Å²) in [5.74, 6) is -3.26. The summed E-state index contributed by atoms with van der Waals surface area (Å²) in [4.78, 5) is 53.9. The van der Waals surface area contributed by atoms with Crippen molar-refractivity contribution in [3.05, 3.63) is 144 Å². The third-order valence-electron chi connectivity index (χ3n) is 8.35. The number of aliphatic hydroxyl groups is 1. The number of hydrogen-bond acceptors (Lipinski definition) is 11. The van der Waals surface area contributed by atoms with Gasteiger partial charge in [0.05, 0.1) is 34.5 Å². The molecule has 264 valence electrons. The van der Waals surface area contributed by atoms with Gasteiger partial charge in [0.15, 0.2) is 28.9 Å². The molecule has 1 saturated carbocycles. The number of rotatable bonds is 11. The first-order valence-electron chi connectivity index (χ1n) is 16.0. The normalized spacial score (nSPS) is 25.0. The first-order chi connectivity index (χ1) is 24.6. The molecule has 0 bridgehead atoms. The molecule has 0 unspecified atom stereocenters. The van der Waals surface area contributed by atoms with E-state index in [0.717, 1.165) is 0 Å². The zero-order valence-corrected chi connectivity index (χ0v) is 28.3. The van der Waals surface area contributed by atoms with Crippen LogP contribution in [0, 0.1) is 0 Å². The molecule has 7 atom stereocenters. The molecular weight excluding hydrogens is 703 g/mol. The van der Waals surface area contributed by atoms with E-state index in [0.29, 0.717) is 0 Å². The maximum atomic E-state index is 13.7. The van der Waals surface area contributed by atoms with Crippen LogP contribution in [0.5, 0.6) is 0 Å². The highest BCUT2D eigenvalue weighted by atomic mass is 35.5. The largest absolute Gasteiger partial charge is 0.459 e. The van der Waals surface area contributed by atoms with Gasteiger partial charge in [0.25, 0.3) is 0 Å². The van der Waals surface area contributed by atoms with Gasteiger partial charge in [-0.3, -0.25) is 0 Å². The summed E-state index contributed by atoms with van der Waals surface area (Å²) in [6, 6.07) is 32.1. The number of carbonyl (C=O) groups is 4. The number of ether oxygens (including phenoxy) is 6. The van der Waals surface area contributed by atoms with Crippen molar-refractivity contribution >= 4 is 47.1 Å². The second-order valence-corrected chi connectivity index (χ2v) is 13.2. The van der Waals surface area contributed by atoms with Gasteiger partial charge in [-0.05, 0) is 48.5 Å². The summed E-state index contributed by atoms with van der Waals surface area (Å²) in [6.07, 6.45) is -9.90. The maximum absolute atomic E-state index is 13.7. The van der Waals surface area contributed by atoms with Crippen LogP contribution in [0.25, 0.3) is 0 Å². The Labute approximate surface area is 302 Å². The van der Waals surface area contributed by atoms with Crippen molar-refractivity contribution in [3.63, 3.8) is 0 Å². The topological polar surface area (TPSA) is 144 Å². The molecule has 0 amide bonds. The Morgan fingerprint density at radius 1 is 0.608 bits per heavy atom. The lowest BCUT2D eigenvalue weighted by atomic mass is 9.90. The highest BCUT2D eigenvalue weighted by molar-refractivity contribution is 6.50. The van der Waals surface area contributed by atoms with E-state index in [1.54, 1.807) is 84.9 Å². The van der Waals surface area contributed by atoms with Crippen molar-refractivity contribution in [1.82, 2.24) is 0 Å². The van der Waals surface area contributed by atoms with Gasteiger partial charge < -0.3 is 33.5 Å². The number of esters is 4. The Hall–Kier alpha value is -4.78. The van der Waals surface area contributed by atoms with Gasteiger partial charge in [0.2, 0.25) is 0 Å². The molecule has 1 aliphatic carbocycles. The van der Waals surface area contributed by atoms with E-state index in [1.807, 2.05) is 0 Å². The molecular formula is C38H32Cl2O11. The minimum atomic E-state index is -1.76. The average Bonchev–Trinajstić information content (AvgIpc) is 3.17. The molecule has 11 nitrogen and oxygen atoms in total. The molecule has 6 rings (SSSR count). The fourth-order valence-electron chi connectivity index (χ4n) is 5.52. The number of carbonyl (C=O) groups excluding carboxylic acids is 4. The lowest BCUT2D eigenvalue weighted by Crippen LogP contribution is -2.66. The number of benzene rings is 4. The van der Waals surface area contributed by atoms with E-state index in [-0.39, 0.29) is 28.7 Å². The van der Waals surface area contributed by atoms with Crippen LogP contribution in [0.3, 0.4) is 0 Å². The number of hydrogen-bond donors (Lipinski definition) is 1. The van der Waals surface area contributed by atoms with Crippen molar-refractivity contribution in [2.45, 2.75) is 53.7 Å². The fraction of sp³-hybridized carbons (Fsp3) is 0.263. The maximum Gasteiger partial charge on any atom is 0.338 e. The fourth-order valence-corrected chi connectivity index (χ4v) is 5.98. The SMILES string of the molecule is O=C(OC[C@H]1O[C@H](O[C@H]2C[C@@H](O)C2(Cl)Cl)[C@@H](OC(=O)c2ccccc2)[C@@H](OC(=O)c2ccccc2)[C@@H]1OC(=O)c1ccccc1)c1ccccc1. The first kappa shape index (κ1) is 36.0. The highest BCUT2D eigenvalue weighted by Crippen LogP contribution is 2.46. The van der Waals surface area contributed by atoms with Crippen LogP contribution in [-0.2, 0) is 28.4 Å². The second-order valence-electron chi connectivity index (χ2n) is 11.8. The highest BCUT2D eigenvalue weighted by Gasteiger charge is 2.59. The second kappa shape index (κ2) is 16.1. The molecule has 0 radical (unpaired) electrons. The minimum absolute atomic E-state index is 0.0131. The Kier molecular flexibility index (Phi) is 11.3. The monoisotopic (exact) mass is 734 g/mol. The molecule has 1 N–H and O–H groups in total. The number of alkyl halides is 2. The molecule has 51 heavy (non-hydrogen) atoms. The zero-order chi connectivity index (χ0) is 36.0. The zero-order valence-electron chi connectivity index (χ0n) is 26.8. The lowest BCUT2D eigenvalue weighted by Gasteiger charge is -2.49. The molecule has 2 aliphatic rings. The van der Waals surface area contributed by atoms with Crippen molar-refractivity contribution < 1.29 is 52.7 Å². The van der Waals surface area contributed by atoms with Gasteiger partial charge in [-0.25, -0.2) is 19.2 Å². The third kappa shape index (κ3) is 8.41. The summed E-state index contributed by atoms with van der Waals surface area (Å²) >= 11 is 12.7. The molecule has 0 spiro atoms. The van der Waals surface area contributed by atoms with Gasteiger partial charge in [0.1, 0.15) is 12.7 Å². The van der Waals surface area contributed by atoms with Crippen LogP contribution in [0.4, 0.5) is 0 Å². The predicted molar refractivity (Wildman–Crippen MR) is 182 cm³/mol. The van der Waals surface area contributed by atoms with E-state index in [9.17, 15) is 24.3 Å². The van der Waals surface area contributed by atoms with Crippen LogP contribution in [0.2, 0.25) is 0 Å². The number of aliphatic hydroxyl groups excluding tert-OH is 1. The third-order valence-corrected chi connectivity index (χ3v) is 9.34. The van der Waals surface area contributed by atoms with Crippen LogP contribution >= 0.6 is 23.2 Å². The van der Waals surface area contributed by atoms with E-state index in [4.69, 9.17) is 51.6 Å². The van der Waals surface area contributed by atoms with Crippen molar-refractivity contribution in [1.29, 1.82) is 0 Å². The molecule has 1 aliphatic heterocycles. The summed E-state index contributed by atoms with van der Waals surface area (Å²) in [5.41, 5.74) is 0.666. The standard InChI is InChI=1S/C38H32Cl2O11/c39-38(40)28(41)21-29(38)48-37-32(51-36(45)26-19-11-4-12-20-26)31(50-35(44)25-17-9-3-10-18-25)30(49-34(43)24-15-7-2-8-16-24)27(47-37)22-46-33(42)23-13-5-1-6-14-23/h1-20,27-32,37,41H,21-22H2/t27-,28-,29+,30-,31+,32+,37-/m1/s1. The molecule has 0 aromatic heterocycles. The van der Waals surface area contributed by atoms with Gasteiger partial charge in [-0.1, -0.05) is 96.0 Å². The molecule has 2 fully saturated rings. The minimum Gasteiger partial charge on any atom is -0.459 e. The van der Waals surface area contributed by atoms with E-state index < -0.39 is 77.7 Å². The Morgan fingerprint density at radius 3 is 1.41 bits per heavy atom. The van der Waals surface area contributed by atoms with Crippen molar-refractivity contribution in [2.75, 3.05) is 6.61 Å². The smallest absolute Gasteiger partial charge is 0.338 e. The lowest BCUT2D eigenvalue weighted by molar-refractivity contribution is -0.318. The molecule has 13 heteroatoms. The van der Waals surface area contributed by atoms with Gasteiger partial charge in [-0.15, -0.1) is 0 Å². The summed E-state index contributed by atoms with van der Waals surface area (Å²) in [6.45, 7) is -0.529. The summed E-state index contributed by atoms with van der Waals surface area (Å²) in [7, 11) is 0. The predicted octanol–water partition coefficient (Wildman–Crippen LogP) is 5.57. The van der Waals surface area contributed by atoms with Crippen molar-refractivity contribution in [3.8, 4) is 0 Å². The Balaban J connectivity index is 1.40. The quantitative estimate of drug-likeness (QED) is 0.117. The molecule has 1 heterocycles. The molecule has 4 aromatic rings. The van der Waals surface area contributed by atoms with Gasteiger partial charge in [-0.2, -0.15) is 0 Å². The number of halogens is 2. The summed E-state index contributed by atoms with van der Waals surface area (Å²) < 4.78 is 34.2. The van der Waals surface area contributed by atoms with Crippen LogP contribution in [0.1, 0.15) is 47.9 Å². The molecule has 1 saturated heterocycles. The molecule has 4 aromatic carbocycles. The van der Waals surface area contributed by atoms with Gasteiger partial charge >= 0.3 is 23.9 Å². The van der Waals surface area contributed by atoms with Crippen LogP contribution in [-0.4, -0.2) is 82.8 Å². The Bertz CT molecular complexity index is 1810. The van der Waals surface area contributed by atoms with Crippen LogP contribution in [0.15, 0.2) is 121 Å². The first-order valence-corrected chi connectivity index (χ1v) is 16.7. The summed E-state index contributed by atoms with van der Waals surface area (Å²) in [5, 5.41) is 10.2. The van der Waals surface area contributed by atoms with Gasteiger partial charge in [0, 0.05) is 6.42 Å².